The molecule has 4 N–H and O–H groups in total. The van der Waals surface area contributed by atoms with Gasteiger partial charge in [0.05, 0.1) is 35.1 Å². The Labute approximate surface area is 271 Å². The van der Waals surface area contributed by atoms with Crippen LogP contribution in [0.2, 0.25) is 10.0 Å². The fraction of sp³-hybridized carbons (Fsp3) is 0.303. The highest BCUT2D eigenvalue weighted by molar-refractivity contribution is 6.39. The summed E-state index contributed by atoms with van der Waals surface area (Å²) in [6, 6.07) is 14.8. The van der Waals surface area contributed by atoms with Gasteiger partial charge in [0.15, 0.2) is 11.6 Å². The smallest absolute Gasteiger partial charge is 0.220 e. The maximum absolute atomic E-state index is 15.3. The lowest BCUT2D eigenvalue weighted by atomic mass is 10.0. The molecule has 4 aromatic rings. The van der Waals surface area contributed by atoms with E-state index >= 15 is 4.39 Å². The summed E-state index contributed by atoms with van der Waals surface area (Å²) in [6.07, 6.45) is 4.62. The third kappa shape index (κ3) is 7.89. The number of benzene rings is 2. The van der Waals surface area contributed by atoms with Gasteiger partial charge in [-0.15, -0.1) is 0 Å². The van der Waals surface area contributed by atoms with Gasteiger partial charge in [0, 0.05) is 86.0 Å². The number of carbonyl (C=O) groups excluding carboxylic acids is 1. The van der Waals surface area contributed by atoms with Crippen LogP contribution in [0.1, 0.15) is 24.0 Å². The predicted octanol–water partition coefficient (Wildman–Crippen LogP) is 6.11. The van der Waals surface area contributed by atoms with Crippen molar-refractivity contribution in [2.24, 2.45) is 0 Å². The fourth-order valence-electron chi connectivity index (χ4n) is 5.17. The maximum Gasteiger partial charge on any atom is 0.220 e. The zero-order valence-electron chi connectivity index (χ0n) is 25.1. The van der Waals surface area contributed by atoms with E-state index in [0.717, 1.165) is 17.5 Å². The van der Waals surface area contributed by atoms with Gasteiger partial charge in [-0.2, -0.15) is 0 Å². The van der Waals surface area contributed by atoms with E-state index in [4.69, 9.17) is 32.7 Å². The molecule has 1 atom stereocenters. The summed E-state index contributed by atoms with van der Waals surface area (Å²) in [7, 11) is 3.24. The number of halogens is 3. The van der Waals surface area contributed by atoms with Crippen LogP contribution in [0.4, 0.5) is 15.9 Å². The topological polar surface area (TPSA) is 109 Å². The average molecular weight is 654 g/mol. The monoisotopic (exact) mass is 652 g/mol. The van der Waals surface area contributed by atoms with Gasteiger partial charge >= 0.3 is 0 Å². The zero-order chi connectivity index (χ0) is 31.8. The van der Waals surface area contributed by atoms with Gasteiger partial charge in [0.25, 0.3) is 0 Å². The minimum absolute atomic E-state index is 0.0660. The number of hydrogen-bond donors (Lipinski definition) is 4. The standard InChI is InChI=1S/C33H35Cl2FN6O3/c1-44-15-14-37-18-22-10-12-40-33(31(22)36)42-26-5-3-4-24(29(26)34)25-11-13-39-32(30(25)35)20-6-7-21(27(16-20)45-2)17-38-19-23-8-9-28(43)41-23/h3-7,10-13,16,23,37-38H,8-9,14-15,17-19H2,1-2H3,(H,40,42)(H,41,43). The molecule has 0 spiro atoms. The molecule has 2 aromatic heterocycles. The minimum Gasteiger partial charge on any atom is -0.496 e. The first-order chi connectivity index (χ1) is 21.9. The highest BCUT2D eigenvalue weighted by Gasteiger charge is 2.21. The number of aromatic nitrogens is 2. The third-order valence-electron chi connectivity index (χ3n) is 7.55. The Morgan fingerprint density at radius 3 is 2.56 bits per heavy atom. The lowest BCUT2D eigenvalue weighted by molar-refractivity contribution is -0.119. The molecule has 0 radical (unpaired) electrons. The molecular formula is C33H35Cl2FN6O3. The second-order valence-electron chi connectivity index (χ2n) is 10.6. The number of nitrogens with zero attached hydrogens (tertiary/aromatic N) is 2. The normalized spacial score (nSPS) is 14.4. The molecule has 1 aliphatic heterocycles. The lowest BCUT2D eigenvalue weighted by Crippen LogP contribution is -2.35. The van der Waals surface area contributed by atoms with Crippen molar-refractivity contribution in [3.8, 4) is 28.1 Å². The number of rotatable bonds is 14. The second-order valence-corrected chi connectivity index (χ2v) is 11.3. The molecule has 3 heterocycles. The lowest BCUT2D eigenvalue weighted by Gasteiger charge is -2.16. The quantitative estimate of drug-likeness (QED) is 0.121. The van der Waals surface area contributed by atoms with Crippen molar-refractivity contribution in [1.29, 1.82) is 0 Å². The van der Waals surface area contributed by atoms with Crippen LogP contribution in [-0.2, 0) is 22.6 Å². The Morgan fingerprint density at radius 2 is 1.78 bits per heavy atom. The van der Waals surface area contributed by atoms with Crippen LogP contribution in [0.5, 0.6) is 5.75 Å². The average Bonchev–Trinajstić information content (AvgIpc) is 3.47. The summed E-state index contributed by atoms with van der Waals surface area (Å²) in [6.45, 7) is 2.72. The van der Waals surface area contributed by atoms with Crippen LogP contribution >= 0.6 is 23.2 Å². The fourth-order valence-corrected chi connectivity index (χ4v) is 5.77. The van der Waals surface area contributed by atoms with Gasteiger partial charge in [-0.05, 0) is 30.7 Å². The Hall–Kier alpha value is -3.80. The second kappa shape index (κ2) is 15.5. The van der Waals surface area contributed by atoms with Gasteiger partial charge in [0.1, 0.15) is 5.75 Å². The van der Waals surface area contributed by atoms with Crippen molar-refractivity contribution < 1.29 is 18.7 Å². The Balaban J connectivity index is 1.35. The predicted molar refractivity (Wildman–Crippen MR) is 176 cm³/mol. The summed E-state index contributed by atoms with van der Waals surface area (Å²) in [5.74, 6) is 0.383. The van der Waals surface area contributed by atoms with Crippen molar-refractivity contribution >= 4 is 40.6 Å². The van der Waals surface area contributed by atoms with E-state index in [1.54, 1.807) is 44.8 Å². The molecular weight excluding hydrogens is 618 g/mol. The molecule has 0 bridgehead atoms. The summed E-state index contributed by atoms with van der Waals surface area (Å²) in [4.78, 5) is 20.2. The molecule has 2 aromatic carbocycles. The molecule has 1 saturated heterocycles. The van der Waals surface area contributed by atoms with Crippen LogP contribution < -0.4 is 26.0 Å². The molecule has 1 amide bonds. The third-order valence-corrected chi connectivity index (χ3v) is 8.34. The van der Waals surface area contributed by atoms with Gasteiger partial charge in [-0.1, -0.05) is 47.5 Å². The van der Waals surface area contributed by atoms with Crippen molar-refractivity contribution in [2.75, 3.05) is 39.2 Å². The molecule has 1 unspecified atom stereocenters. The SMILES string of the molecule is COCCNCc1ccnc(Nc2cccc(-c3ccnc(-c4ccc(CNCC5CCC(=O)N5)c(OC)c4)c3Cl)c2Cl)c1F. The molecule has 0 aliphatic carbocycles. The van der Waals surface area contributed by atoms with Crippen LogP contribution in [0.15, 0.2) is 60.9 Å². The summed E-state index contributed by atoms with van der Waals surface area (Å²) >= 11 is 13.8. The highest BCUT2D eigenvalue weighted by Crippen LogP contribution is 2.41. The Kier molecular flexibility index (Phi) is 11.2. The molecule has 12 heteroatoms. The Bertz CT molecular complexity index is 1660. The maximum atomic E-state index is 15.3. The van der Waals surface area contributed by atoms with E-state index in [-0.39, 0.29) is 17.8 Å². The number of hydrogen-bond acceptors (Lipinski definition) is 8. The van der Waals surface area contributed by atoms with E-state index in [1.807, 2.05) is 30.3 Å². The van der Waals surface area contributed by atoms with Gasteiger partial charge < -0.3 is 30.7 Å². The van der Waals surface area contributed by atoms with Crippen molar-refractivity contribution in [1.82, 2.24) is 25.9 Å². The summed E-state index contributed by atoms with van der Waals surface area (Å²) < 4.78 is 26.0. The van der Waals surface area contributed by atoms with E-state index in [2.05, 4.69) is 31.2 Å². The number of carbonyl (C=O) groups is 1. The molecule has 9 nitrogen and oxygen atoms in total. The first-order valence-electron chi connectivity index (χ1n) is 14.6. The van der Waals surface area contributed by atoms with Crippen LogP contribution in [0.25, 0.3) is 22.4 Å². The first kappa shape index (κ1) is 32.6. The summed E-state index contributed by atoms with van der Waals surface area (Å²) in [5.41, 5.74) is 4.58. The molecule has 0 saturated carbocycles. The van der Waals surface area contributed by atoms with Gasteiger partial charge in [-0.3, -0.25) is 9.78 Å². The molecule has 1 aliphatic rings. The number of ether oxygens (including phenoxy) is 2. The summed E-state index contributed by atoms with van der Waals surface area (Å²) in [5, 5.41) is 13.3. The molecule has 1 fully saturated rings. The first-order valence-corrected chi connectivity index (χ1v) is 15.4. The van der Waals surface area contributed by atoms with Crippen molar-refractivity contribution in [3.05, 3.63) is 87.9 Å². The van der Waals surface area contributed by atoms with Crippen LogP contribution in [0, 0.1) is 5.82 Å². The van der Waals surface area contributed by atoms with Gasteiger partial charge in [0.2, 0.25) is 5.91 Å². The van der Waals surface area contributed by atoms with Crippen molar-refractivity contribution in [3.63, 3.8) is 0 Å². The zero-order valence-corrected chi connectivity index (χ0v) is 26.6. The van der Waals surface area contributed by atoms with E-state index in [1.165, 1.54) is 0 Å². The molecule has 45 heavy (non-hydrogen) atoms. The van der Waals surface area contributed by atoms with E-state index in [9.17, 15) is 4.79 Å². The van der Waals surface area contributed by atoms with E-state index in [0.29, 0.717) is 83.1 Å². The Morgan fingerprint density at radius 1 is 0.978 bits per heavy atom. The van der Waals surface area contributed by atoms with Crippen LogP contribution in [-0.4, -0.2) is 55.8 Å². The highest BCUT2D eigenvalue weighted by atomic mass is 35.5. The number of nitrogens with one attached hydrogen (secondary N) is 4. The largest absolute Gasteiger partial charge is 0.496 e. The number of anilines is 2. The van der Waals surface area contributed by atoms with Gasteiger partial charge in [-0.25, -0.2) is 9.37 Å². The number of amides is 1. The molecule has 236 valence electrons. The van der Waals surface area contributed by atoms with Crippen molar-refractivity contribution in [2.45, 2.75) is 32.0 Å². The molecule has 5 rings (SSSR count). The number of methoxy groups -OCH3 is 2. The van der Waals surface area contributed by atoms with E-state index < -0.39 is 5.82 Å². The number of pyridine rings is 2. The minimum atomic E-state index is -0.467. The van der Waals surface area contributed by atoms with Crippen LogP contribution in [0.3, 0.4) is 0 Å².